The number of halogens is 4. The molecule has 0 aliphatic rings. The molecule has 124 valence electrons. The van der Waals surface area contributed by atoms with Crippen molar-refractivity contribution in [3.63, 3.8) is 0 Å². The molecule has 0 amide bonds. The van der Waals surface area contributed by atoms with E-state index in [9.17, 15) is 27.8 Å². The summed E-state index contributed by atoms with van der Waals surface area (Å²) in [5.41, 5.74) is -1.79. The highest BCUT2D eigenvalue weighted by molar-refractivity contribution is 5.84. The molecule has 0 aliphatic carbocycles. The molecule has 0 aliphatic heterocycles. The van der Waals surface area contributed by atoms with Gasteiger partial charge in [0.2, 0.25) is 0 Å². The second kappa shape index (κ2) is 5.55. The van der Waals surface area contributed by atoms with Crippen LogP contribution < -0.4 is 0 Å². The monoisotopic (exact) mass is 339 g/mol. The van der Waals surface area contributed by atoms with Crippen molar-refractivity contribution in [2.45, 2.75) is 6.18 Å². The first kappa shape index (κ1) is 15.9. The molecular weight excluding hydrogens is 330 g/mol. The Morgan fingerprint density at radius 3 is 2.21 bits per heavy atom. The molecule has 0 unspecified atom stereocenters. The first-order valence-corrected chi connectivity index (χ1v) is 6.62. The summed E-state index contributed by atoms with van der Waals surface area (Å²) in [7, 11) is 0. The van der Waals surface area contributed by atoms with Crippen molar-refractivity contribution in [1.29, 1.82) is 0 Å². The highest BCUT2D eigenvalue weighted by atomic mass is 19.4. The molecule has 8 heteroatoms. The maximum absolute atomic E-state index is 13.2. The summed E-state index contributed by atoms with van der Waals surface area (Å²) < 4.78 is 57.5. The minimum absolute atomic E-state index is 0.0208. The maximum Gasteiger partial charge on any atom is 0.437 e. The van der Waals surface area contributed by atoms with Gasteiger partial charge in [-0.05, 0) is 29.8 Å². The Morgan fingerprint density at radius 1 is 0.958 bits per heavy atom. The highest BCUT2D eigenvalue weighted by Crippen LogP contribution is 2.44. The van der Waals surface area contributed by atoms with Gasteiger partial charge in [-0.1, -0.05) is 17.3 Å². The van der Waals surface area contributed by atoms with E-state index in [0.29, 0.717) is 0 Å². The average Bonchev–Trinajstić information content (AvgIpc) is 2.93. The van der Waals surface area contributed by atoms with E-state index in [1.807, 2.05) is 0 Å². The lowest BCUT2D eigenvalue weighted by molar-refractivity contribution is -0.142. The molecule has 1 heterocycles. The molecule has 3 aromatic rings. The van der Waals surface area contributed by atoms with Gasteiger partial charge in [-0.25, -0.2) is 4.39 Å². The van der Waals surface area contributed by atoms with Crippen LogP contribution in [0.2, 0.25) is 0 Å². The van der Waals surface area contributed by atoms with Gasteiger partial charge >= 0.3 is 6.18 Å². The van der Waals surface area contributed by atoms with E-state index in [-0.39, 0.29) is 22.6 Å². The first-order valence-electron chi connectivity index (χ1n) is 6.62. The van der Waals surface area contributed by atoms with Gasteiger partial charge in [0.15, 0.2) is 11.5 Å². The summed E-state index contributed by atoms with van der Waals surface area (Å²) in [4.78, 5) is 0. The zero-order valence-corrected chi connectivity index (χ0v) is 11.8. The fourth-order valence-electron chi connectivity index (χ4n) is 2.26. The molecule has 0 spiro atoms. The van der Waals surface area contributed by atoms with Crippen LogP contribution in [-0.4, -0.2) is 15.4 Å². The number of rotatable bonds is 2. The topological polar surface area (TPSA) is 66.5 Å². The summed E-state index contributed by atoms with van der Waals surface area (Å²) in [6.07, 6.45) is -4.81. The van der Waals surface area contributed by atoms with E-state index >= 15 is 0 Å². The molecule has 4 nitrogen and oxygen atoms in total. The Balaban J connectivity index is 2.27. The molecule has 0 fully saturated rings. The minimum atomic E-state index is -4.81. The van der Waals surface area contributed by atoms with Crippen LogP contribution in [0, 0.1) is 5.82 Å². The highest BCUT2D eigenvalue weighted by Gasteiger charge is 2.40. The predicted molar refractivity (Wildman–Crippen MR) is 75.7 cm³/mol. The van der Waals surface area contributed by atoms with Crippen LogP contribution in [0.25, 0.3) is 22.5 Å². The third-order valence-electron chi connectivity index (χ3n) is 3.32. The van der Waals surface area contributed by atoms with E-state index in [1.54, 1.807) is 0 Å². The van der Waals surface area contributed by atoms with Crippen LogP contribution in [0.3, 0.4) is 0 Å². The molecule has 1 aromatic heterocycles. The van der Waals surface area contributed by atoms with E-state index in [0.717, 1.165) is 30.3 Å². The average molecular weight is 339 g/mol. The largest absolute Gasteiger partial charge is 0.508 e. The van der Waals surface area contributed by atoms with Gasteiger partial charge in [0.1, 0.15) is 17.3 Å². The van der Waals surface area contributed by atoms with Gasteiger partial charge in [0.25, 0.3) is 0 Å². The lowest BCUT2D eigenvalue weighted by atomic mass is 9.98. The van der Waals surface area contributed by atoms with Crippen molar-refractivity contribution in [2.24, 2.45) is 0 Å². The van der Waals surface area contributed by atoms with Gasteiger partial charge < -0.3 is 14.7 Å². The van der Waals surface area contributed by atoms with E-state index < -0.39 is 29.0 Å². The smallest absolute Gasteiger partial charge is 0.437 e. The quantitative estimate of drug-likeness (QED) is 0.671. The number of phenolic OH excluding ortho intramolecular Hbond substituents is 2. The Kier molecular flexibility index (Phi) is 3.67. The SMILES string of the molecule is Oc1ccc(-c2onc(C(F)(F)F)c2-c2ccc(F)cc2)c(O)c1. The third-order valence-corrected chi connectivity index (χ3v) is 3.32. The van der Waals surface area contributed by atoms with Crippen molar-refractivity contribution in [1.82, 2.24) is 5.16 Å². The minimum Gasteiger partial charge on any atom is -0.508 e. The van der Waals surface area contributed by atoms with Gasteiger partial charge in [-0.15, -0.1) is 0 Å². The fourth-order valence-corrected chi connectivity index (χ4v) is 2.26. The number of alkyl halides is 3. The number of benzene rings is 2. The molecule has 0 bridgehead atoms. The Bertz CT molecular complexity index is 885. The molecule has 0 saturated carbocycles. The number of nitrogens with zero attached hydrogens (tertiary/aromatic N) is 1. The second-order valence-electron chi connectivity index (χ2n) is 4.94. The Labute approximate surface area is 132 Å². The van der Waals surface area contributed by atoms with E-state index in [4.69, 9.17) is 4.52 Å². The van der Waals surface area contributed by atoms with Crippen molar-refractivity contribution in [3.8, 4) is 33.9 Å². The van der Waals surface area contributed by atoms with Crippen molar-refractivity contribution >= 4 is 0 Å². The number of hydrogen-bond donors (Lipinski definition) is 2. The molecule has 24 heavy (non-hydrogen) atoms. The molecule has 3 rings (SSSR count). The molecule has 2 aromatic carbocycles. The van der Waals surface area contributed by atoms with Gasteiger partial charge in [0.05, 0.1) is 11.1 Å². The number of aromatic hydroxyl groups is 2. The zero-order chi connectivity index (χ0) is 17.5. The normalized spacial score (nSPS) is 11.7. The summed E-state index contributed by atoms with van der Waals surface area (Å²) in [6, 6.07) is 7.64. The Morgan fingerprint density at radius 2 is 1.62 bits per heavy atom. The van der Waals surface area contributed by atoms with Crippen molar-refractivity contribution in [2.75, 3.05) is 0 Å². The standard InChI is InChI=1S/C16H9F4NO3/c17-9-3-1-8(2-4-9)13-14(24-21-15(13)16(18,19)20)11-6-5-10(22)7-12(11)23/h1-7,22-23H. The molecule has 0 saturated heterocycles. The number of aromatic nitrogens is 1. The number of phenols is 2. The zero-order valence-electron chi connectivity index (χ0n) is 11.8. The first-order chi connectivity index (χ1) is 11.3. The van der Waals surface area contributed by atoms with Crippen LogP contribution in [0.15, 0.2) is 47.0 Å². The summed E-state index contributed by atoms with van der Waals surface area (Å²) in [5, 5.41) is 22.2. The molecule has 2 N–H and O–H groups in total. The van der Waals surface area contributed by atoms with Crippen molar-refractivity contribution < 1.29 is 32.3 Å². The van der Waals surface area contributed by atoms with Crippen LogP contribution >= 0.6 is 0 Å². The van der Waals surface area contributed by atoms with Crippen LogP contribution in [0.1, 0.15) is 5.69 Å². The van der Waals surface area contributed by atoms with Crippen LogP contribution in [-0.2, 0) is 6.18 Å². The number of hydrogen-bond acceptors (Lipinski definition) is 4. The lowest BCUT2D eigenvalue weighted by Crippen LogP contribution is -2.07. The Hall–Kier alpha value is -3.03. The summed E-state index contributed by atoms with van der Waals surface area (Å²) in [5.74, 6) is -1.71. The van der Waals surface area contributed by atoms with Gasteiger partial charge in [-0.2, -0.15) is 13.2 Å². The third kappa shape index (κ3) is 2.78. The molecular formula is C16H9F4NO3. The van der Waals surface area contributed by atoms with Crippen LogP contribution in [0.4, 0.5) is 17.6 Å². The molecule has 0 radical (unpaired) electrons. The fraction of sp³-hybridized carbons (Fsp3) is 0.0625. The lowest BCUT2D eigenvalue weighted by Gasteiger charge is -2.08. The maximum atomic E-state index is 13.2. The van der Waals surface area contributed by atoms with Gasteiger partial charge in [-0.3, -0.25) is 0 Å². The van der Waals surface area contributed by atoms with Crippen molar-refractivity contribution in [3.05, 3.63) is 54.0 Å². The van der Waals surface area contributed by atoms with E-state index in [2.05, 4.69) is 5.16 Å². The van der Waals surface area contributed by atoms with Crippen LogP contribution in [0.5, 0.6) is 11.5 Å². The second-order valence-corrected chi connectivity index (χ2v) is 4.94. The van der Waals surface area contributed by atoms with Gasteiger partial charge in [0, 0.05) is 6.07 Å². The summed E-state index contributed by atoms with van der Waals surface area (Å²) in [6.45, 7) is 0. The molecule has 0 atom stereocenters. The predicted octanol–water partition coefficient (Wildman–Crippen LogP) is 4.58. The van der Waals surface area contributed by atoms with E-state index in [1.165, 1.54) is 12.1 Å². The summed E-state index contributed by atoms with van der Waals surface area (Å²) >= 11 is 0.